The Labute approximate surface area is 142 Å². The van der Waals surface area contributed by atoms with Crippen molar-refractivity contribution in [2.75, 3.05) is 39.3 Å². The van der Waals surface area contributed by atoms with Crippen molar-refractivity contribution in [3.63, 3.8) is 0 Å². The Bertz CT molecular complexity index is 804. The molecule has 4 rings (SSSR count). The molecule has 0 aliphatic carbocycles. The summed E-state index contributed by atoms with van der Waals surface area (Å²) in [6.07, 6.45) is 3.10. The molecule has 3 heterocycles. The number of hydrogen-bond donors (Lipinski definition) is 3. The van der Waals surface area contributed by atoms with E-state index < -0.39 is 0 Å². The van der Waals surface area contributed by atoms with Gasteiger partial charge in [-0.3, -0.25) is 4.98 Å². The van der Waals surface area contributed by atoms with Crippen molar-refractivity contribution in [3.8, 4) is 0 Å². The zero-order valence-electron chi connectivity index (χ0n) is 14.0. The van der Waals surface area contributed by atoms with Crippen LogP contribution >= 0.6 is 0 Å². The van der Waals surface area contributed by atoms with E-state index in [9.17, 15) is 0 Å². The average Bonchev–Trinajstić information content (AvgIpc) is 3.02. The van der Waals surface area contributed by atoms with Crippen LogP contribution in [0.1, 0.15) is 12.1 Å². The zero-order valence-corrected chi connectivity index (χ0v) is 14.0. The van der Waals surface area contributed by atoms with Crippen LogP contribution in [-0.2, 0) is 6.54 Å². The minimum absolute atomic E-state index is 0.811. The number of para-hydroxylation sites is 1. The minimum Gasteiger partial charge on any atom is -0.353 e. The van der Waals surface area contributed by atoms with E-state index >= 15 is 0 Å². The van der Waals surface area contributed by atoms with Crippen LogP contribution in [0.3, 0.4) is 0 Å². The van der Waals surface area contributed by atoms with Crippen molar-refractivity contribution < 1.29 is 0 Å². The Morgan fingerprint density at radius 2 is 1.96 bits per heavy atom. The minimum atomic E-state index is 0.811. The molecule has 5 nitrogen and oxygen atoms in total. The lowest BCUT2D eigenvalue weighted by atomic mass is 10.1. The zero-order chi connectivity index (χ0) is 16.2. The first-order valence-electron chi connectivity index (χ1n) is 8.90. The molecule has 3 N–H and O–H groups in total. The van der Waals surface area contributed by atoms with Crippen LogP contribution in [0.15, 0.2) is 36.5 Å². The van der Waals surface area contributed by atoms with Gasteiger partial charge in [0, 0.05) is 55.2 Å². The fourth-order valence-electron chi connectivity index (χ4n) is 3.53. The summed E-state index contributed by atoms with van der Waals surface area (Å²) >= 11 is 0. The quantitative estimate of drug-likeness (QED) is 0.608. The Hall–Kier alpha value is -1.95. The van der Waals surface area contributed by atoms with Crippen LogP contribution in [0.2, 0.25) is 0 Å². The third kappa shape index (κ3) is 3.29. The number of aromatic amines is 1. The van der Waals surface area contributed by atoms with Crippen molar-refractivity contribution in [3.05, 3.63) is 42.2 Å². The fraction of sp³-hybridized carbons (Fsp3) is 0.421. The van der Waals surface area contributed by atoms with E-state index in [1.54, 1.807) is 0 Å². The van der Waals surface area contributed by atoms with Crippen LogP contribution in [0.4, 0.5) is 0 Å². The lowest BCUT2D eigenvalue weighted by Crippen LogP contribution is -2.44. The van der Waals surface area contributed by atoms with E-state index in [0.717, 1.165) is 37.4 Å². The molecule has 1 aliphatic rings. The number of nitrogens with one attached hydrogen (secondary N) is 3. The van der Waals surface area contributed by atoms with Gasteiger partial charge in [-0.05, 0) is 31.6 Å². The standard InChI is InChI=1S/C19H25N5/c1-2-5-17-15(4-1)16-6-8-22-18(19(16)23-17)14-21-7-3-11-24-12-9-20-10-13-24/h1-2,4-6,8,20-21,23H,3,7,9-14H2. The van der Waals surface area contributed by atoms with Crippen LogP contribution in [0, 0.1) is 0 Å². The molecule has 0 bridgehead atoms. The molecule has 1 fully saturated rings. The SMILES string of the molecule is c1ccc2c(c1)[nH]c1c(CNCCCN3CCNCC3)nccc12. The number of rotatable bonds is 6. The van der Waals surface area contributed by atoms with E-state index in [0.29, 0.717) is 0 Å². The summed E-state index contributed by atoms with van der Waals surface area (Å²) in [6, 6.07) is 10.5. The molecule has 126 valence electrons. The first-order valence-corrected chi connectivity index (χ1v) is 8.90. The van der Waals surface area contributed by atoms with Gasteiger partial charge in [0.15, 0.2) is 0 Å². The first-order chi connectivity index (χ1) is 11.9. The van der Waals surface area contributed by atoms with Crippen molar-refractivity contribution >= 4 is 21.8 Å². The van der Waals surface area contributed by atoms with E-state index in [1.807, 2.05) is 6.20 Å². The summed E-state index contributed by atoms with van der Waals surface area (Å²) in [4.78, 5) is 10.6. The van der Waals surface area contributed by atoms with Gasteiger partial charge >= 0.3 is 0 Å². The van der Waals surface area contributed by atoms with Crippen LogP contribution in [0.25, 0.3) is 21.8 Å². The smallest absolute Gasteiger partial charge is 0.0782 e. The number of hydrogen-bond acceptors (Lipinski definition) is 4. The number of H-pyrrole nitrogens is 1. The second-order valence-corrected chi connectivity index (χ2v) is 6.47. The predicted octanol–water partition coefficient (Wildman–Crippen LogP) is 2.10. The normalized spacial score (nSPS) is 16.2. The number of pyridine rings is 1. The molecule has 1 aliphatic heterocycles. The highest BCUT2D eigenvalue weighted by Crippen LogP contribution is 2.26. The molecule has 24 heavy (non-hydrogen) atoms. The lowest BCUT2D eigenvalue weighted by Gasteiger charge is -2.27. The monoisotopic (exact) mass is 323 g/mol. The van der Waals surface area contributed by atoms with E-state index in [4.69, 9.17) is 0 Å². The van der Waals surface area contributed by atoms with Crippen LogP contribution in [-0.4, -0.2) is 54.1 Å². The second kappa shape index (κ2) is 7.30. The number of aromatic nitrogens is 2. The molecule has 0 radical (unpaired) electrons. The Kier molecular flexibility index (Phi) is 4.74. The Balaban J connectivity index is 1.36. The summed E-state index contributed by atoms with van der Waals surface area (Å²) in [6.45, 7) is 7.62. The molecule has 0 saturated carbocycles. The molecular weight excluding hydrogens is 298 g/mol. The van der Waals surface area contributed by atoms with Gasteiger partial charge in [0.05, 0.1) is 11.2 Å². The van der Waals surface area contributed by atoms with Crippen molar-refractivity contribution in [1.29, 1.82) is 0 Å². The van der Waals surface area contributed by atoms with Gasteiger partial charge in [0.2, 0.25) is 0 Å². The summed E-state index contributed by atoms with van der Waals surface area (Å²) in [7, 11) is 0. The molecule has 0 amide bonds. The highest BCUT2D eigenvalue weighted by atomic mass is 15.2. The lowest BCUT2D eigenvalue weighted by molar-refractivity contribution is 0.237. The maximum absolute atomic E-state index is 4.58. The summed E-state index contributed by atoms with van der Waals surface area (Å²) < 4.78 is 0. The number of benzene rings is 1. The van der Waals surface area contributed by atoms with Crippen molar-refractivity contribution in [2.24, 2.45) is 0 Å². The Morgan fingerprint density at radius 1 is 1.08 bits per heavy atom. The van der Waals surface area contributed by atoms with Gasteiger partial charge in [-0.1, -0.05) is 18.2 Å². The number of nitrogens with zero attached hydrogens (tertiary/aromatic N) is 2. The van der Waals surface area contributed by atoms with E-state index in [-0.39, 0.29) is 0 Å². The molecule has 1 saturated heterocycles. The van der Waals surface area contributed by atoms with Gasteiger partial charge in [0.1, 0.15) is 0 Å². The van der Waals surface area contributed by atoms with Crippen molar-refractivity contribution in [2.45, 2.75) is 13.0 Å². The van der Waals surface area contributed by atoms with Crippen LogP contribution < -0.4 is 10.6 Å². The predicted molar refractivity (Wildman–Crippen MR) is 99.2 cm³/mol. The molecule has 2 aromatic heterocycles. The number of piperazine rings is 1. The molecule has 3 aromatic rings. The molecule has 0 spiro atoms. The molecule has 5 heteroatoms. The topological polar surface area (TPSA) is 56.0 Å². The molecular formula is C19H25N5. The highest BCUT2D eigenvalue weighted by Gasteiger charge is 2.10. The molecule has 1 aromatic carbocycles. The van der Waals surface area contributed by atoms with Gasteiger partial charge < -0.3 is 20.5 Å². The summed E-state index contributed by atoms with van der Waals surface area (Å²) in [5.41, 5.74) is 3.44. The molecule has 0 atom stereocenters. The highest BCUT2D eigenvalue weighted by molar-refractivity contribution is 6.07. The summed E-state index contributed by atoms with van der Waals surface area (Å²) in [5, 5.41) is 9.48. The third-order valence-electron chi connectivity index (χ3n) is 4.84. The maximum atomic E-state index is 4.58. The third-order valence-corrected chi connectivity index (χ3v) is 4.84. The second-order valence-electron chi connectivity index (χ2n) is 6.47. The van der Waals surface area contributed by atoms with Gasteiger partial charge in [-0.15, -0.1) is 0 Å². The largest absolute Gasteiger partial charge is 0.353 e. The number of fused-ring (bicyclic) bond motifs is 3. The first kappa shape index (κ1) is 15.6. The average molecular weight is 323 g/mol. The maximum Gasteiger partial charge on any atom is 0.0782 e. The van der Waals surface area contributed by atoms with Gasteiger partial charge in [-0.25, -0.2) is 0 Å². The summed E-state index contributed by atoms with van der Waals surface area (Å²) in [5.74, 6) is 0. The Morgan fingerprint density at radius 3 is 2.88 bits per heavy atom. The fourth-order valence-corrected chi connectivity index (χ4v) is 3.53. The van der Waals surface area contributed by atoms with Gasteiger partial charge in [-0.2, -0.15) is 0 Å². The van der Waals surface area contributed by atoms with Crippen LogP contribution in [0.5, 0.6) is 0 Å². The molecule has 0 unspecified atom stereocenters. The van der Waals surface area contributed by atoms with Gasteiger partial charge in [0.25, 0.3) is 0 Å². The van der Waals surface area contributed by atoms with E-state index in [2.05, 4.69) is 55.8 Å². The van der Waals surface area contributed by atoms with Crippen molar-refractivity contribution in [1.82, 2.24) is 25.5 Å². The van der Waals surface area contributed by atoms with E-state index in [1.165, 1.54) is 42.3 Å².